The maximum Gasteiger partial charge on any atom is 0.183 e. The van der Waals surface area contributed by atoms with Crippen molar-refractivity contribution in [3.8, 4) is 6.07 Å². The third kappa shape index (κ3) is 2.46. The number of rotatable bonds is 2. The van der Waals surface area contributed by atoms with Gasteiger partial charge in [-0.05, 0) is 24.8 Å². The average Bonchev–Trinajstić information content (AvgIpc) is 3.05. The third-order valence-electron chi connectivity index (χ3n) is 4.81. The van der Waals surface area contributed by atoms with E-state index in [9.17, 15) is 5.26 Å². The second kappa shape index (κ2) is 5.80. The van der Waals surface area contributed by atoms with Crippen molar-refractivity contribution in [2.24, 2.45) is 5.92 Å². The van der Waals surface area contributed by atoms with Crippen molar-refractivity contribution < 1.29 is 0 Å². The van der Waals surface area contributed by atoms with Crippen LogP contribution in [-0.4, -0.2) is 45.6 Å². The predicted molar refractivity (Wildman–Crippen MR) is 84.9 cm³/mol. The van der Waals surface area contributed by atoms with Crippen LogP contribution in [0, 0.1) is 17.2 Å². The Bertz CT molecular complexity index is 727. The lowest BCUT2D eigenvalue weighted by Gasteiger charge is -2.39. The van der Waals surface area contributed by atoms with E-state index in [1.807, 2.05) is 6.07 Å². The molecule has 7 heteroatoms. The molecule has 0 bridgehead atoms. The fourth-order valence-corrected chi connectivity index (χ4v) is 3.70. The number of hydrogen-bond acceptors (Lipinski definition) is 7. The standard InChI is InChI=1S/C16H17N7/c17-9-13-16(20-6-5-19-13)23-8-3-12-2-7-22(10-14(12)23)15-1-4-18-11-21-15/h1,4-6,11-12,14H,2-3,7-8,10H2. The fraction of sp³-hybridized carbons (Fsp3) is 0.438. The molecule has 2 saturated heterocycles. The monoisotopic (exact) mass is 307 g/mol. The summed E-state index contributed by atoms with van der Waals surface area (Å²) in [6.45, 7) is 2.83. The molecule has 0 N–H and O–H groups in total. The zero-order valence-electron chi connectivity index (χ0n) is 12.7. The Morgan fingerprint density at radius 3 is 2.78 bits per heavy atom. The number of nitriles is 1. The third-order valence-corrected chi connectivity index (χ3v) is 4.81. The molecule has 0 amide bonds. The molecule has 2 unspecified atom stereocenters. The van der Waals surface area contributed by atoms with Crippen molar-refractivity contribution in [3.63, 3.8) is 0 Å². The molecule has 2 aliphatic heterocycles. The van der Waals surface area contributed by atoms with E-state index in [1.165, 1.54) is 0 Å². The molecule has 116 valence electrons. The van der Waals surface area contributed by atoms with Crippen LogP contribution in [0.5, 0.6) is 0 Å². The minimum Gasteiger partial charge on any atom is -0.354 e. The van der Waals surface area contributed by atoms with Crippen molar-refractivity contribution in [1.29, 1.82) is 5.26 Å². The van der Waals surface area contributed by atoms with Gasteiger partial charge >= 0.3 is 0 Å². The summed E-state index contributed by atoms with van der Waals surface area (Å²) in [6.07, 6.45) is 8.87. The summed E-state index contributed by atoms with van der Waals surface area (Å²) >= 11 is 0. The van der Waals surface area contributed by atoms with Gasteiger partial charge in [-0.15, -0.1) is 0 Å². The molecule has 2 atom stereocenters. The number of fused-ring (bicyclic) bond motifs is 1. The van der Waals surface area contributed by atoms with Gasteiger partial charge in [0.1, 0.15) is 18.2 Å². The lowest BCUT2D eigenvalue weighted by molar-refractivity contribution is 0.388. The molecule has 4 heterocycles. The molecule has 2 aromatic rings. The first-order chi connectivity index (χ1) is 11.4. The van der Waals surface area contributed by atoms with Gasteiger partial charge in [0.2, 0.25) is 0 Å². The smallest absolute Gasteiger partial charge is 0.183 e. The van der Waals surface area contributed by atoms with Crippen LogP contribution in [0.25, 0.3) is 0 Å². The lowest BCUT2D eigenvalue weighted by Crippen LogP contribution is -2.49. The van der Waals surface area contributed by atoms with Gasteiger partial charge in [0.25, 0.3) is 0 Å². The van der Waals surface area contributed by atoms with Gasteiger partial charge in [0, 0.05) is 38.2 Å². The van der Waals surface area contributed by atoms with Crippen molar-refractivity contribution in [2.75, 3.05) is 29.4 Å². The van der Waals surface area contributed by atoms with E-state index in [-0.39, 0.29) is 0 Å². The van der Waals surface area contributed by atoms with Crippen LogP contribution in [-0.2, 0) is 0 Å². The van der Waals surface area contributed by atoms with Crippen LogP contribution in [0.15, 0.2) is 31.0 Å². The molecule has 7 nitrogen and oxygen atoms in total. The van der Waals surface area contributed by atoms with E-state index in [0.717, 1.165) is 38.3 Å². The number of anilines is 2. The van der Waals surface area contributed by atoms with Gasteiger partial charge in [0.15, 0.2) is 11.5 Å². The Morgan fingerprint density at radius 2 is 1.96 bits per heavy atom. The van der Waals surface area contributed by atoms with Gasteiger partial charge < -0.3 is 9.80 Å². The number of aromatic nitrogens is 4. The number of piperidine rings is 1. The maximum atomic E-state index is 9.30. The van der Waals surface area contributed by atoms with E-state index in [4.69, 9.17) is 0 Å². The number of hydrogen-bond donors (Lipinski definition) is 0. The first-order valence-electron chi connectivity index (χ1n) is 7.85. The van der Waals surface area contributed by atoms with E-state index in [0.29, 0.717) is 23.5 Å². The van der Waals surface area contributed by atoms with Crippen molar-refractivity contribution in [1.82, 2.24) is 19.9 Å². The second-order valence-corrected chi connectivity index (χ2v) is 5.95. The summed E-state index contributed by atoms with van der Waals surface area (Å²) in [4.78, 5) is 21.5. The first kappa shape index (κ1) is 13.9. The van der Waals surface area contributed by atoms with Crippen LogP contribution < -0.4 is 9.80 Å². The van der Waals surface area contributed by atoms with Gasteiger partial charge in [0.05, 0.1) is 6.04 Å². The maximum absolute atomic E-state index is 9.30. The second-order valence-electron chi connectivity index (χ2n) is 5.95. The van der Waals surface area contributed by atoms with Crippen molar-refractivity contribution in [3.05, 3.63) is 36.7 Å². The van der Waals surface area contributed by atoms with E-state index >= 15 is 0 Å². The predicted octanol–water partition coefficient (Wildman–Crippen LogP) is 1.24. The van der Waals surface area contributed by atoms with Gasteiger partial charge in [-0.3, -0.25) is 0 Å². The van der Waals surface area contributed by atoms with Crippen LogP contribution in [0.1, 0.15) is 18.5 Å². The summed E-state index contributed by atoms with van der Waals surface area (Å²) < 4.78 is 0. The van der Waals surface area contributed by atoms with Gasteiger partial charge in [-0.2, -0.15) is 5.26 Å². The molecule has 0 saturated carbocycles. The number of nitrogens with zero attached hydrogens (tertiary/aromatic N) is 7. The van der Waals surface area contributed by atoms with Crippen LogP contribution in [0.4, 0.5) is 11.6 Å². The molecule has 2 fully saturated rings. The zero-order chi connectivity index (χ0) is 15.6. The minimum atomic E-state index is 0.350. The average molecular weight is 307 g/mol. The largest absolute Gasteiger partial charge is 0.354 e. The van der Waals surface area contributed by atoms with E-state index < -0.39 is 0 Å². The van der Waals surface area contributed by atoms with Gasteiger partial charge in [-0.1, -0.05) is 0 Å². The first-order valence-corrected chi connectivity index (χ1v) is 7.85. The molecule has 2 aromatic heterocycles. The van der Waals surface area contributed by atoms with Crippen LogP contribution in [0.3, 0.4) is 0 Å². The highest BCUT2D eigenvalue weighted by Crippen LogP contribution is 2.35. The highest BCUT2D eigenvalue weighted by molar-refractivity contribution is 5.52. The highest BCUT2D eigenvalue weighted by Gasteiger charge is 2.40. The quantitative estimate of drug-likeness (QED) is 0.825. The SMILES string of the molecule is N#Cc1nccnc1N1CCC2CCN(c3ccncn3)CC21. The molecular weight excluding hydrogens is 290 g/mol. The highest BCUT2D eigenvalue weighted by atomic mass is 15.3. The summed E-state index contributed by atoms with van der Waals surface area (Å²) in [5.41, 5.74) is 0.410. The molecule has 0 radical (unpaired) electrons. The molecule has 4 rings (SSSR count). The van der Waals surface area contributed by atoms with Gasteiger partial charge in [-0.25, -0.2) is 19.9 Å². The zero-order valence-corrected chi connectivity index (χ0v) is 12.7. The Morgan fingerprint density at radius 1 is 1.09 bits per heavy atom. The summed E-state index contributed by atoms with van der Waals surface area (Å²) in [6, 6.07) is 4.46. The summed E-state index contributed by atoms with van der Waals surface area (Å²) in [5.74, 6) is 2.32. The van der Waals surface area contributed by atoms with Crippen LogP contribution >= 0.6 is 0 Å². The van der Waals surface area contributed by atoms with Crippen molar-refractivity contribution in [2.45, 2.75) is 18.9 Å². The molecular formula is C16H17N7. The van der Waals surface area contributed by atoms with Crippen LogP contribution in [0.2, 0.25) is 0 Å². The fourth-order valence-electron chi connectivity index (χ4n) is 3.70. The topological polar surface area (TPSA) is 81.8 Å². The van der Waals surface area contributed by atoms with E-state index in [1.54, 1.807) is 24.9 Å². The Hall–Kier alpha value is -2.75. The summed E-state index contributed by atoms with van der Waals surface area (Å²) in [7, 11) is 0. The molecule has 0 aliphatic carbocycles. The normalized spacial score (nSPS) is 23.4. The Labute approximate surface area is 134 Å². The Kier molecular flexibility index (Phi) is 3.50. The van der Waals surface area contributed by atoms with E-state index in [2.05, 4.69) is 35.8 Å². The van der Waals surface area contributed by atoms with Crippen molar-refractivity contribution >= 4 is 11.6 Å². The molecule has 0 spiro atoms. The minimum absolute atomic E-state index is 0.350. The molecule has 0 aromatic carbocycles. The Balaban J connectivity index is 1.61. The lowest BCUT2D eigenvalue weighted by atomic mass is 9.92. The molecule has 23 heavy (non-hydrogen) atoms. The summed E-state index contributed by atoms with van der Waals surface area (Å²) in [5, 5.41) is 9.30. The molecule has 2 aliphatic rings.